The normalized spacial score (nSPS) is 16.0. The second-order valence-electron chi connectivity index (χ2n) is 6.29. The van der Waals surface area contributed by atoms with Crippen molar-refractivity contribution in [2.24, 2.45) is 0 Å². The second-order valence-corrected chi connectivity index (χ2v) is 7.28. The van der Waals surface area contributed by atoms with Gasteiger partial charge < -0.3 is 10.1 Å². The first-order chi connectivity index (χ1) is 11.7. The molecule has 1 aromatic carbocycles. The standard InChI is InChI=1S/C19H27NO3S/c1-23-19(22)16-9-7-8-15(12-16)13-24-14-18(21)20-17-10-5-3-2-4-6-11-17/h7-9,12,17H,2-6,10-11,13-14H2,1H3,(H,20,21). The lowest BCUT2D eigenvalue weighted by Crippen LogP contribution is -2.36. The van der Waals surface area contributed by atoms with Crippen molar-refractivity contribution in [3.05, 3.63) is 35.4 Å². The fraction of sp³-hybridized carbons (Fsp3) is 0.579. The molecule has 0 bridgehead atoms. The number of carbonyl (C=O) groups is 2. The van der Waals surface area contributed by atoms with Gasteiger partial charge in [0, 0.05) is 11.8 Å². The van der Waals surface area contributed by atoms with Crippen molar-refractivity contribution in [3.63, 3.8) is 0 Å². The molecule has 0 radical (unpaired) electrons. The van der Waals surface area contributed by atoms with Crippen LogP contribution in [0.1, 0.15) is 60.9 Å². The smallest absolute Gasteiger partial charge is 0.337 e. The third kappa shape index (κ3) is 6.56. The SMILES string of the molecule is COC(=O)c1cccc(CSCC(=O)NC2CCCCCCC2)c1. The molecule has 0 spiro atoms. The van der Waals surface area contributed by atoms with Crippen LogP contribution in [0.15, 0.2) is 24.3 Å². The van der Waals surface area contributed by atoms with E-state index in [0.717, 1.165) is 18.4 Å². The number of esters is 1. The highest BCUT2D eigenvalue weighted by atomic mass is 32.2. The van der Waals surface area contributed by atoms with Gasteiger partial charge in [0.15, 0.2) is 0 Å². The number of benzene rings is 1. The van der Waals surface area contributed by atoms with Gasteiger partial charge in [0.2, 0.25) is 5.91 Å². The Morgan fingerprint density at radius 3 is 2.58 bits per heavy atom. The Balaban J connectivity index is 1.73. The molecule has 0 saturated heterocycles. The first kappa shape index (κ1) is 18.8. The zero-order valence-electron chi connectivity index (χ0n) is 14.4. The molecule has 1 aliphatic carbocycles. The molecule has 1 N–H and O–H groups in total. The molecule has 0 aliphatic heterocycles. The number of hydrogen-bond acceptors (Lipinski definition) is 4. The Hall–Kier alpha value is -1.49. The predicted octanol–water partition coefficient (Wildman–Crippen LogP) is 3.94. The van der Waals surface area contributed by atoms with E-state index in [1.165, 1.54) is 39.2 Å². The van der Waals surface area contributed by atoms with E-state index in [2.05, 4.69) is 5.32 Å². The van der Waals surface area contributed by atoms with Gasteiger partial charge in [-0.2, -0.15) is 0 Å². The highest BCUT2D eigenvalue weighted by Crippen LogP contribution is 2.18. The molecular weight excluding hydrogens is 322 g/mol. The third-order valence-electron chi connectivity index (χ3n) is 4.32. The topological polar surface area (TPSA) is 55.4 Å². The van der Waals surface area contributed by atoms with E-state index < -0.39 is 0 Å². The van der Waals surface area contributed by atoms with Gasteiger partial charge in [0.1, 0.15) is 0 Å². The summed E-state index contributed by atoms with van der Waals surface area (Å²) in [6, 6.07) is 7.72. The van der Waals surface area contributed by atoms with E-state index in [0.29, 0.717) is 23.1 Å². The molecule has 4 nitrogen and oxygen atoms in total. The first-order valence-electron chi connectivity index (χ1n) is 8.73. The van der Waals surface area contributed by atoms with Crippen molar-refractivity contribution in [2.75, 3.05) is 12.9 Å². The van der Waals surface area contributed by atoms with Gasteiger partial charge in [-0.3, -0.25) is 4.79 Å². The largest absolute Gasteiger partial charge is 0.465 e. The number of hydrogen-bond donors (Lipinski definition) is 1. The van der Waals surface area contributed by atoms with Crippen LogP contribution in [0.5, 0.6) is 0 Å². The van der Waals surface area contributed by atoms with Crippen LogP contribution in [-0.2, 0) is 15.3 Å². The summed E-state index contributed by atoms with van der Waals surface area (Å²) in [4.78, 5) is 23.6. The van der Waals surface area contributed by atoms with Crippen molar-refractivity contribution in [3.8, 4) is 0 Å². The van der Waals surface area contributed by atoms with Crippen molar-refractivity contribution in [2.45, 2.75) is 56.7 Å². The molecule has 0 heterocycles. The Kier molecular flexibility index (Phi) is 8.16. The van der Waals surface area contributed by atoms with Crippen molar-refractivity contribution in [1.82, 2.24) is 5.32 Å². The maximum atomic E-state index is 12.1. The lowest BCUT2D eigenvalue weighted by atomic mass is 9.97. The molecule has 132 valence electrons. The van der Waals surface area contributed by atoms with Crippen molar-refractivity contribution >= 4 is 23.6 Å². The molecule has 2 rings (SSSR count). The molecule has 1 aromatic rings. The Morgan fingerprint density at radius 2 is 1.88 bits per heavy atom. The summed E-state index contributed by atoms with van der Waals surface area (Å²) in [6.07, 6.45) is 8.57. The molecular formula is C19H27NO3S. The second kappa shape index (κ2) is 10.4. The number of thioether (sulfide) groups is 1. The van der Waals surface area contributed by atoms with Gasteiger partial charge in [0.25, 0.3) is 0 Å². The molecule has 1 aliphatic rings. The summed E-state index contributed by atoms with van der Waals surface area (Å²) in [6.45, 7) is 0. The highest BCUT2D eigenvalue weighted by Gasteiger charge is 2.14. The third-order valence-corrected chi connectivity index (χ3v) is 5.32. The van der Waals surface area contributed by atoms with Crippen LogP contribution in [0.2, 0.25) is 0 Å². The van der Waals surface area contributed by atoms with Crippen LogP contribution < -0.4 is 5.32 Å². The minimum atomic E-state index is -0.330. The molecule has 24 heavy (non-hydrogen) atoms. The van der Waals surface area contributed by atoms with Crippen LogP contribution in [0, 0.1) is 0 Å². The Labute approximate surface area is 148 Å². The van der Waals surface area contributed by atoms with E-state index in [9.17, 15) is 9.59 Å². The van der Waals surface area contributed by atoms with Gasteiger partial charge in [-0.05, 0) is 30.5 Å². The van der Waals surface area contributed by atoms with Crippen molar-refractivity contribution in [1.29, 1.82) is 0 Å². The van der Waals surface area contributed by atoms with Gasteiger partial charge in [0.05, 0.1) is 18.4 Å². The maximum Gasteiger partial charge on any atom is 0.337 e. The maximum absolute atomic E-state index is 12.1. The average molecular weight is 349 g/mol. The quantitative estimate of drug-likeness (QED) is 0.791. The van der Waals surface area contributed by atoms with Crippen molar-refractivity contribution < 1.29 is 14.3 Å². The zero-order valence-corrected chi connectivity index (χ0v) is 15.2. The zero-order chi connectivity index (χ0) is 17.2. The number of carbonyl (C=O) groups excluding carboxylic acids is 2. The summed E-state index contributed by atoms with van der Waals surface area (Å²) < 4.78 is 4.73. The van der Waals surface area contributed by atoms with E-state index in [-0.39, 0.29) is 11.9 Å². The summed E-state index contributed by atoms with van der Waals surface area (Å²) in [5.74, 6) is 0.959. The predicted molar refractivity (Wildman–Crippen MR) is 98.2 cm³/mol. The van der Waals surface area contributed by atoms with E-state index in [4.69, 9.17) is 4.74 Å². The van der Waals surface area contributed by atoms with E-state index in [1.807, 2.05) is 18.2 Å². The Morgan fingerprint density at radius 1 is 1.17 bits per heavy atom. The average Bonchev–Trinajstić information content (AvgIpc) is 2.57. The van der Waals surface area contributed by atoms with Gasteiger partial charge >= 0.3 is 5.97 Å². The molecule has 5 heteroatoms. The number of amides is 1. The molecule has 0 unspecified atom stereocenters. The molecule has 1 amide bonds. The summed E-state index contributed by atoms with van der Waals surface area (Å²) >= 11 is 1.58. The number of nitrogens with one attached hydrogen (secondary N) is 1. The van der Waals surface area contributed by atoms with Crippen LogP contribution in [0.3, 0.4) is 0 Å². The van der Waals surface area contributed by atoms with E-state index in [1.54, 1.807) is 17.8 Å². The Bertz CT molecular complexity index is 539. The molecule has 0 aromatic heterocycles. The number of ether oxygens (including phenoxy) is 1. The van der Waals surface area contributed by atoms with Crippen LogP contribution >= 0.6 is 11.8 Å². The van der Waals surface area contributed by atoms with E-state index >= 15 is 0 Å². The molecule has 1 fully saturated rings. The molecule has 0 atom stereocenters. The van der Waals surface area contributed by atoms with Crippen LogP contribution in [0.4, 0.5) is 0 Å². The number of methoxy groups -OCH3 is 1. The lowest BCUT2D eigenvalue weighted by molar-refractivity contribution is -0.119. The molecule has 1 saturated carbocycles. The van der Waals surface area contributed by atoms with Gasteiger partial charge in [-0.25, -0.2) is 4.79 Å². The van der Waals surface area contributed by atoms with Crippen LogP contribution in [0.25, 0.3) is 0 Å². The minimum absolute atomic E-state index is 0.120. The van der Waals surface area contributed by atoms with Gasteiger partial charge in [-0.15, -0.1) is 11.8 Å². The van der Waals surface area contributed by atoms with Gasteiger partial charge in [-0.1, -0.05) is 44.2 Å². The number of rotatable bonds is 6. The summed E-state index contributed by atoms with van der Waals surface area (Å²) in [5, 5.41) is 3.18. The monoisotopic (exact) mass is 349 g/mol. The highest BCUT2D eigenvalue weighted by molar-refractivity contribution is 7.99. The minimum Gasteiger partial charge on any atom is -0.465 e. The fourth-order valence-electron chi connectivity index (χ4n) is 3.04. The summed E-state index contributed by atoms with van der Waals surface area (Å²) in [5.41, 5.74) is 1.58. The van der Waals surface area contributed by atoms with Crippen LogP contribution in [-0.4, -0.2) is 30.8 Å². The summed E-state index contributed by atoms with van der Waals surface area (Å²) in [7, 11) is 1.38. The first-order valence-corrected chi connectivity index (χ1v) is 9.89. The fourth-order valence-corrected chi connectivity index (χ4v) is 3.82. The lowest BCUT2D eigenvalue weighted by Gasteiger charge is -2.20.